The summed E-state index contributed by atoms with van der Waals surface area (Å²) < 4.78 is 12.1. The van der Waals surface area contributed by atoms with Gasteiger partial charge in [0.05, 0.1) is 18.8 Å². The fourth-order valence-electron chi connectivity index (χ4n) is 10.8. The van der Waals surface area contributed by atoms with E-state index in [9.17, 15) is 4.79 Å². The van der Waals surface area contributed by atoms with E-state index >= 15 is 0 Å². The summed E-state index contributed by atoms with van der Waals surface area (Å²) in [6.07, 6.45) is 18.1. The van der Waals surface area contributed by atoms with Crippen molar-refractivity contribution in [3.63, 3.8) is 0 Å². The van der Waals surface area contributed by atoms with E-state index in [4.69, 9.17) is 9.47 Å². The summed E-state index contributed by atoms with van der Waals surface area (Å²) in [6, 6.07) is 7.82. The van der Waals surface area contributed by atoms with Crippen molar-refractivity contribution in [2.24, 2.45) is 52.3 Å². The van der Waals surface area contributed by atoms with Crippen LogP contribution in [-0.4, -0.2) is 18.7 Å². The number of fused-ring (bicyclic) bond motifs is 5. The summed E-state index contributed by atoms with van der Waals surface area (Å²) in [4.78, 5) is 13.4. The Balaban J connectivity index is 1.19. The highest BCUT2D eigenvalue weighted by Crippen LogP contribution is 2.68. The minimum Gasteiger partial charge on any atom is -0.459 e. The minimum atomic E-state index is -0.170. The van der Waals surface area contributed by atoms with Gasteiger partial charge in [0.15, 0.2) is 0 Å². The summed E-state index contributed by atoms with van der Waals surface area (Å²) in [5.74, 6) is 5.82. The Morgan fingerprint density at radius 2 is 1.67 bits per heavy atom. The highest BCUT2D eigenvalue weighted by molar-refractivity contribution is 5.91. The predicted octanol–water partition coefficient (Wildman–Crippen LogP) is 10.8. The van der Waals surface area contributed by atoms with E-state index in [-0.39, 0.29) is 12.1 Å². The molecule has 0 radical (unpaired) electrons. The van der Waals surface area contributed by atoms with Crippen molar-refractivity contribution in [3.05, 3.63) is 47.0 Å². The zero-order chi connectivity index (χ0) is 30.8. The third kappa shape index (κ3) is 6.97. The number of carbonyl (C=O) groups excluding carboxylic acids is 1. The lowest BCUT2D eigenvalue weighted by Crippen LogP contribution is -2.54. The monoisotopic (exact) mass is 590 g/mol. The van der Waals surface area contributed by atoms with Crippen molar-refractivity contribution < 1.29 is 14.3 Å². The van der Waals surface area contributed by atoms with Crippen LogP contribution >= 0.6 is 0 Å². The molecule has 0 N–H and O–H groups in total. The average molecular weight is 591 g/mol. The maximum absolute atomic E-state index is 13.4. The molecule has 4 aliphatic rings. The van der Waals surface area contributed by atoms with E-state index in [0.717, 1.165) is 53.9 Å². The SMILES string of the molecule is CC(C)=CCOCc1ccccc1C(=O)O[C@@H]1CC[C@@]2(C)C(CC[C@H]3[C@@H]4CC[C@H]([C@H](C)CCCC(C)C)[C@@]4(C)CC[C@@H]32)C1. The molecule has 240 valence electrons. The quantitative estimate of drug-likeness (QED) is 0.146. The Bertz CT molecular complexity index is 1120. The maximum atomic E-state index is 13.4. The molecule has 4 saturated carbocycles. The van der Waals surface area contributed by atoms with E-state index < -0.39 is 0 Å². The number of ether oxygens (including phenoxy) is 2. The molecule has 9 atom stereocenters. The first-order valence-electron chi connectivity index (χ1n) is 18.0. The Hall–Kier alpha value is -1.61. The molecule has 1 unspecified atom stereocenters. The molecule has 0 heterocycles. The minimum absolute atomic E-state index is 0.0400. The van der Waals surface area contributed by atoms with E-state index in [2.05, 4.69) is 54.5 Å². The fraction of sp³-hybridized carbons (Fsp3) is 0.775. The Kier molecular flexibility index (Phi) is 10.5. The van der Waals surface area contributed by atoms with Crippen LogP contribution in [0.15, 0.2) is 35.9 Å². The van der Waals surface area contributed by atoms with Crippen LogP contribution < -0.4 is 0 Å². The molecule has 4 fully saturated rings. The topological polar surface area (TPSA) is 35.5 Å². The lowest BCUT2D eigenvalue weighted by Gasteiger charge is -2.61. The molecule has 5 rings (SSSR count). The molecule has 0 aliphatic heterocycles. The number of allylic oxidation sites excluding steroid dienone is 1. The van der Waals surface area contributed by atoms with Gasteiger partial charge < -0.3 is 9.47 Å². The van der Waals surface area contributed by atoms with E-state index in [1.165, 1.54) is 69.8 Å². The molecule has 3 heteroatoms. The van der Waals surface area contributed by atoms with Crippen LogP contribution in [0.5, 0.6) is 0 Å². The Labute approximate surface area is 264 Å². The maximum Gasteiger partial charge on any atom is 0.338 e. The molecule has 0 saturated heterocycles. The smallest absolute Gasteiger partial charge is 0.338 e. The van der Waals surface area contributed by atoms with Crippen molar-refractivity contribution in [1.82, 2.24) is 0 Å². The Morgan fingerprint density at radius 3 is 2.44 bits per heavy atom. The number of rotatable bonds is 11. The first-order valence-corrected chi connectivity index (χ1v) is 18.0. The highest BCUT2D eigenvalue weighted by atomic mass is 16.5. The van der Waals surface area contributed by atoms with Crippen molar-refractivity contribution in [1.29, 1.82) is 0 Å². The van der Waals surface area contributed by atoms with Gasteiger partial charge in [-0.05, 0) is 136 Å². The van der Waals surface area contributed by atoms with Gasteiger partial charge in [-0.3, -0.25) is 0 Å². The number of benzene rings is 1. The average Bonchev–Trinajstić information content (AvgIpc) is 3.32. The van der Waals surface area contributed by atoms with Crippen LogP contribution in [-0.2, 0) is 16.1 Å². The van der Waals surface area contributed by atoms with Crippen molar-refractivity contribution in [3.8, 4) is 0 Å². The lowest BCUT2D eigenvalue weighted by molar-refractivity contribution is -0.130. The Morgan fingerprint density at radius 1 is 0.930 bits per heavy atom. The summed E-state index contributed by atoms with van der Waals surface area (Å²) in [7, 11) is 0. The number of esters is 1. The molecule has 43 heavy (non-hydrogen) atoms. The van der Waals surface area contributed by atoms with Crippen LogP contribution in [0.4, 0.5) is 0 Å². The predicted molar refractivity (Wildman–Crippen MR) is 178 cm³/mol. The summed E-state index contributed by atoms with van der Waals surface area (Å²) in [5, 5.41) is 0. The van der Waals surface area contributed by atoms with Crippen molar-refractivity contribution in [2.45, 2.75) is 138 Å². The second-order valence-electron chi connectivity index (χ2n) is 16.4. The first-order chi connectivity index (χ1) is 20.5. The first kappa shape index (κ1) is 32.8. The van der Waals surface area contributed by atoms with Gasteiger partial charge in [-0.25, -0.2) is 4.79 Å². The normalized spacial score (nSPS) is 35.9. The van der Waals surface area contributed by atoms with Crippen LogP contribution in [0.2, 0.25) is 0 Å². The fourth-order valence-corrected chi connectivity index (χ4v) is 10.8. The lowest BCUT2D eigenvalue weighted by atomic mass is 9.44. The van der Waals surface area contributed by atoms with Gasteiger partial charge in [-0.1, -0.05) is 83.7 Å². The standard InChI is InChI=1S/C40H62O3/c1-27(2)11-10-12-29(5)35-17-18-36-34-16-15-31-25-32(19-22-39(31,6)37(34)20-23-40(35,36)7)43-38(41)33-14-9-8-13-30(33)26-42-24-21-28(3)4/h8-9,13-14,21,27,29,31-32,34-37H,10-12,15-20,22-26H2,1-7H3/t29-,31?,32-,34+,35-,36+,37+,39+,40-/m1/s1. The molecule has 0 amide bonds. The van der Waals surface area contributed by atoms with E-state index in [1.807, 2.05) is 24.3 Å². The third-order valence-electron chi connectivity index (χ3n) is 13.2. The van der Waals surface area contributed by atoms with Crippen LogP contribution in [0.1, 0.15) is 141 Å². The number of hydrogen-bond acceptors (Lipinski definition) is 3. The third-order valence-corrected chi connectivity index (χ3v) is 13.2. The number of carbonyl (C=O) groups is 1. The largest absolute Gasteiger partial charge is 0.459 e. The van der Waals surface area contributed by atoms with Gasteiger partial charge in [0.25, 0.3) is 0 Å². The molecule has 0 bridgehead atoms. The number of hydrogen-bond donors (Lipinski definition) is 0. The molecule has 1 aromatic rings. The van der Waals surface area contributed by atoms with Gasteiger partial charge in [0.2, 0.25) is 0 Å². The molecule has 4 aliphatic carbocycles. The van der Waals surface area contributed by atoms with Gasteiger partial charge in [-0.15, -0.1) is 0 Å². The van der Waals surface area contributed by atoms with Crippen molar-refractivity contribution in [2.75, 3.05) is 6.61 Å². The zero-order valence-corrected chi connectivity index (χ0v) is 28.6. The van der Waals surface area contributed by atoms with Gasteiger partial charge in [0.1, 0.15) is 6.10 Å². The van der Waals surface area contributed by atoms with Gasteiger partial charge in [-0.2, -0.15) is 0 Å². The second kappa shape index (κ2) is 13.8. The summed E-state index contributed by atoms with van der Waals surface area (Å²) in [6.45, 7) is 17.8. The summed E-state index contributed by atoms with van der Waals surface area (Å²) in [5.41, 5.74) is 3.78. The van der Waals surface area contributed by atoms with Gasteiger partial charge >= 0.3 is 5.97 Å². The second-order valence-corrected chi connectivity index (χ2v) is 16.4. The van der Waals surface area contributed by atoms with E-state index in [1.54, 1.807) is 0 Å². The van der Waals surface area contributed by atoms with Crippen molar-refractivity contribution >= 4 is 5.97 Å². The zero-order valence-electron chi connectivity index (χ0n) is 28.6. The molecular formula is C40H62O3. The van der Waals surface area contributed by atoms with Crippen LogP contribution in [0.3, 0.4) is 0 Å². The van der Waals surface area contributed by atoms with E-state index in [0.29, 0.717) is 35.5 Å². The molecular weight excluding hydrogens is 528 g/mol. The van der Waals surface area contributed by atoms with Crippen LogP contribution in [0.25, 0.3) is 0 Å². The van der Waals surface area contributed by atoms with Crippen LogP contribution in [0, 0.1) is 52.3 Å². The van der Waals surface area contributed by atoms with Gasteiger partial charge in [0, 0.05) is 0 Å². The molecule has 0 spiro atoms. The molecule has 0 aromatic heterocycles. The molecule has 3 nitrogen and oxygen atoms in total. The highest BCUT2D eigenvalue weighted by Gasteiger charge is 2.60. The summed E-state index contributed by atoms with van der Waals surface area (Å²) >= 11 is 0. The molecule has 1 aromatic carbocycles.